The number of nitrogens with zero attached hydrogens (tertiary/aromatic N) is 5. The van der Waals surface area contributed by atoms with Crippen LogP contribution in [0.2, 0.25) is 0 Å². The average molecular weight is 387 g/mol. The van der Waals surface area contributed by atoms with E-state index in [1.807, 2.05) is 19.9 Å². The fourth-order valence-electron chi connectivity index (χ4n) is 3.55. The van der Waals surface area contributed by atoms with E-state index in [4.69, 9.17) is 4.74 Å². The predicted molar refractivity (Wildman–Crippen MR) is 105 cm³/mol. The number of hydrogen-bond donors (Lipinski definition) is 0. The van der Waals surface area contributed by atoms with Crippen molar-refractivity contribution in [3.05, 3.63) is 50.2 Å². The van der Waals surface area contributed by atoms with Crippen molar-refractivity contribution >= 4 is 16.9 Å². The van der Waals surface area contributed by atoms with Crippen molar-refractivity contribution < 1.29 is 9.53 Å². The zero-order valence-electron chi connectivity index (χ0n) is 16.9. The van der Waals surface area contributed by atoms with Gasteiger partial charge in [-0.1, -0.05) is 0 Å². The summed E-state index contributed by atoms with van der Waals surface area (Å²) in [4.78, 5) is 41.7. The molecule has 0 aliphatic carbocycles. The van der Waals surface area contributed by atoms with Crippen molar-refractivity contribution in [2.24, 2.45) is 14.1 Å². The van der Waals surface area contributed by atoms with E-state index in [1.54, 1.807) is 14.2 Å². The Hall–Kier alpha value is -2.94. The van der Waals surface area contributed by atoms with E-state index in [1.165, 1.54) is 22.5 Å². The number of aromatic nitrogens is 5. The summed E-state index contributed by atoms with van der Waals surface area (Å²) in [5, 5.41) is 0. The van der Waals surface area contributed by atoms with Crippen molar-refractivity contribution in [2.45, 2.75) is 33.4 Å². The van der Waals surface area contributed by atoms with E-state index in [0.717, 1.165) is 28.9 Å². The molecule has 3 heterocycles. The predicted octanol–water partition coefficient (Wildman–Crippen LogP) is 0.771. The molecule has 0 unspecified atom stereocenters. The van der Waals surface area contributed by atoms with Gasteiger partial charge in [-0.05, 0) is 26.3 Å². The number of ketones is 1. The summed E-state index contributed by atoms with van der Waals surface area (Å²) in [6, 6.07) is 1.87. The van der Waals surface area contributed by atoms with Gasteiger partial charge >= 0.3 is 5.69 Å². The maximum Gasteiger partial charge on any atom is 0.332 e. The van der Waals surface area contributed by atoms with E-state index in [2.05, 4.69) is 9.55 Å². The molecule has 0 aliphatic rings. The zero-order chi connectivity index (χ0) is 20.6. The number of fused-ring (bicyclic) bond motifs is 1. The highest BCUT2D eigenvalue weighted by Crippen LogP contribution is 2.18. The molecule has 0 spiro atoms. The molecular weight excluding hydrogens is 362 g/mol. The lowest BCUT2D eigenvalue weighted by Gasteiger charge is -2.09. The third kappa shape index (κ3) is 3.22. The zero-order valence-corrected chi connectivity index (χ0v) is 16.9. The van der Waals surface area contributed by atoms with Crippen LogP contribution in [0.4, 0.5) is 0 Å². The monoisotopic (exact) mass is 387 g/mol. The van der Waals surface area contributed by atoms with Crippen LogP contribution in [0.3, 0.4) is 0 Å². The lowest BCUT2D eigenvalue weighted by Crippen LogP contribution is -2.37. The van der Waals surface area contributed by atoms with Gasteiger partial charge in [0.25, 0.3) is 5.56 Å². The number of ether oxygens (including phenoxy) is 1. The van der Waals surface area contributed by atoms with Crippen LogP contribution in [0, 0.1) is 13.8 Å². The minimum atomic E-state index is -0.464. The lowest BCUT2D eigenvalue weighted by molar-refractivity contribution is 0.0972. The molecule has 0 aromatic carbocycles. The lowest BCUT2D eigenvalue weighted by atomic mass is 10.1. The fourth-order valence-corrected chi connectivity index (χ4v) is 3.55. The van der Waals surface area contributed by atoms with E-state index in [-0.39, 0.29) is 23.5 Å². The number of rotatable bonds is 7. The van der Waals surface area contributed by atoms with E-state index >= 15 is 0 Å². The van der Waals surface area contributed by atoms with Gasteiger partial charge in [0, 0.05) is 51.3 Å². The Morgan fingerprint density at radius 1 is 1.18 bits per heavy atom. The SMILES string of the molecule is COCCCn1c(C)cc(C(=O)Cn2cnc3c2c(=O)n(C)c(=O)n3C)c1C. The Labute approximate surface area is 161 Å². The highest BCUT2D eigenvalue weighted by molar-refractivity contribution is 5.98. The molecule has 3 rings (SSSR count). The van der Waals surface area contributed by atoms with Crippen LogP contribution in [0.1, 0.15) is 28.2 Å². The van der Waals surface area contributed by atoms with Crippen LogP contribution >= 0.6 is 0 Å². The molecule has 0 aliphatic heterocycles. The van der Waals surface area contributed by atoms with Gasteiger partial charge in [-0.15, -0.1) is 0 Å². The molecule has 3 aromatic heterocycles. The van der Waals surface area contributed by atoms with E-state index in [0.29, 0.717) is 12.2 Å². The van der Waals surface area contributed by atoms with Crippen LogP contribution < -0.4 is 11.2 Å². The summed E-state index contributed by atoms with van der Waals surface area (Å²) in [6.07, 6.45) is 2.29. The van der Waals surface area contributed by atoms with Crippen molar-refractivity contribution in [1.29, 1.82) is 0 Å². The number of carbonyl (C=O) groups excluding carboxylic acids is 1. The number of carbonyl (C=O) groups is 1. The molecule has 0 fully saturated rings. The molecule has 0 atom stereocenters. The molecule has 0 radical (unpaired) electrons. The number of hydrogen-bond acceptors (Lipinski definition) is 5. The molecule has 0 saturated heterocycles. The fraction of sp³-hybridized carbons (Fsp3) is 0.474. The third-order valence-corrected chi connectivity index (χ3v) is 5.14. The van der Waals surface area contributed by atoms with Gasteiger partial charge in [0.15, 0.2) is 16.9 Å². The number of Topliss-reactive ketones (excluding diaryl/α,β-unsaturated/α-hetero) is 1. The van der Waals surface area contributed by atoms with Crippen molar-refractivity contribution in [3.63, 3.8) is 0 Å². The van der Waals surface area contributed by atoms with Crippen molar-refractivity contribution in [2.75, 3.05) is 13.7 Å². The highest BCUT2D eigenvalue weighted by Gasteiger charge is 2.19. The summed E-state index contributed by atoms with van der Waals surface area (Å²) < 4.78 is 11.0. The van der Waals surface area contributed by atoms with Crippen LogP contribution in [0.25, 0.3) is 11.2 Å². The van der Waals surface area contributed by atoms with Crippen LogP contribution in [-0.2, 0) is 31.9 Å². The largest absolute Gasteiger partial charge is 0.385 e. The Balaban J connectivity index is 1.96. The maximum absolute atomic E-state index is 13.0. The van der Waals surface area contributed by atoms with Gasteiger partial charge in [-0.2, -0.15) is 0 Å². The van der Waals surface area contributed by atoms with Gasteiger partial charge in [0.05, 0.1) is 12.9 Å². The normalized spacial score (nSPS) is 11.5. The maximum atomic E-state index is 13.0. The second kappa shape index (κ2) is 7.59. The summed E-state index contributed by atoms with van der Waals surface area (Å²) in [5.41, 5.74) is 2.12. The smallest absolute Gasteiger partial charge is 0.332 e. The second-order valence-corrected chi connectivity index (χ2v) is 6.96. The summed E-state index contributed by atoms with van der Waals surface area (Å²) in [7, 11) is 4.63. The van der Waals surface area contributed by atoms with Crippen LogP contribution in [0.15, 0.2) is 22.0 Å². The third-order valence-electron chi connectivity index (χ3n) is 5.14. The molecule has 9 nitrogen and oxygen atoms in total. The Kier molecular flexibility index (Phi) is 5.37. The highest BCUT2D eigenvalue weighted by atomic mass is 16.5. The van der Waals surface area contributed by atoms with Gasteiger partial charge < -0.3 is 13.9 Å². The minimum Gasteiger partial charge on any atom is -0.385 e. The number of aryl methyl sites for hydroxylation is 2. The van der Waals surface area contributed by atoms with Crippen molar-refractivity contribution in [1.82, 2.24) is 23.3 Å². The average Bonchev–Trinajstić information content (AvgIpc) is 3.20. The Morgan fingerprint density at radius 3 is 2.57 bits per heavy atom. The summed E-state index contributed by atoms with van der Waals surface area (Å²) in [5.74, 6) is -0.110. The van der Waals surface area contributed by atoms with Crippen LogP contribution in [0.5, 0.6) is 0 Å². The number of methoxy groups -OCH3 is 1. The molecule has 9 heteroatoms. The molecule has 28 heavy (non-hydrogen) atoms. The molecule has 0 bridgehead atoms. The van der Waals surface area contributed by atoms with Gasteiger partial charge in [0.2, 0.25) is 0 Å². The van der Waals surface area contributed by atoms with Gasteiger partial charge in [-0.25, -0.2) is 9.78 Å². The Bertz CT molecular complexity index is 1160. The standard InChI is InChI=1S/C19H25N5O4/c1-12-9-14(13(2)24(12)7-6-8-28-5)15(25)10-23-11-20-17-16(23)18(26)22(4)19(27)21(17)3/h9,11H,6-8,10H2,1-5H3. The van der Waals surface area contributed by atoms with Crippen LogP contribution in [-0.4, -0.2) is 42.8 Å². The molecular formula is C19H25N5O4. The summed E-state index contributed by atoms with van der Waals surface area (Å²) >= 11 is 0. The molecule has 0 amide bonds. The Morgan fingerprint density at radius 2 is 1.89 bits per heavy atom. The molecule has 150 valence electrons. The van der Waals surface area contributed by atoms with E-state index in [9.17, 15) is 14.4 Å². The molecule has 3 aromatic rings. The first-order chi connectivity index (χ1) is 13.3. The quantitative estimate of drug-likeness (QED) is 0.441. The number of imidazole rings is 1. The molecule has 0 N–H and O–H groups in total. The van der Waals surface area contributed by atoms with Crippen molar-refractivity contribution in [3.8, 4) is 0 Å². The first-order valence-corrected chi connectivity index (χ1v) is 9.07. The summed E-state index contributed by atoms with van der Waals surface area (Å²) in [6.45, 7) is 5.29. The minimum absolute atomic E-state index is 0.0215. The van der Waals surface area contributed by atoms with Gasteiger partial charge in [-0.3, -0.25) is 18.7 Å². The van der Waals surface area contributed by atoms with Gasteiger partial charge in [0.1, 0.15) is 0 Å². The second-order valence-electron chi connectivity index (χ2n) is 6.96. The van der Waals surface area contributed by atoms with E-state index < -0.39 is 11.2 Å². The first kappa shape index (κ1) is 19.8. The molecule has 0 saturated carbocycles. The first-order valence-electron chi connectivity index (χ1n) is 9.07. The topological polar surface area (TPSA) is 93.1 Å².